The van der Waals surface area contributed by atoms with Crippen LogP contribution in [0.1, 0.15) is 32.0 Å². The molecule has 0 fully saturated rings. The first-order valence-electron chi connectivity index (χ1n) is 6.16. The van der Waals surface area contributed by atoms with Gasteiger partial charge in [0.2, 0.25) is 0 Å². The second-order valence-electron chi connectivity index (χ2n) is 5.40. The molecule has 1 aromatic heterocycles. The highest BCUT2D eigenvalue weighted by molar-refractivity contribution is 6.32. The number of rotatable bonds is 3. The zero-order chi connectivity index (χ0) is 13.9. The van der Waals surface area contributed by atoms with Crippen LogP contribution < -0.4 is 4.74 Å². The molecular weight excluding hydrogens is 260 g/mol. The molecule has 4 heteroatoms. The largest absolute Gasteiger partial charge is 0.486 e. The molecule has 3 nitrogen and oxygen atoms in total. The van der Waals surface area contributed by atoms with Crippen LogP contribution in [-0.2, 0) is 12.0 Å². The molecule has 19 heavy (non-hydrogen) atoms. The van der Waals surface area contributed by atoms with Gasteiger partial charge in [-0.1, -0.05) is 38.4 Å². The molecule has 2 rings (SSSR count). The summed E-state index contributed by atoms with van der Waals surface area (Å²) in [5, 5.41) is 8.39. The van der Waals surface area contributed by atoms with E-state index >= 15 is 0 Å². The van der Waals surface area contributed by atoms with Gasteiger partial charge in [-0.25, -0.2) is 0 Å². The summed E-state index contributed by atoms with van der Waals surface area (Å²) in [7, 11) is 0. The Morgan fingerprint density at radius 2 is 2.00 bits per heavy atom. The van der Waals surface area contributed by atoms with Crippen molar-refractivity contribution in [2.24, 2.45) is 0 Å². The van der Waals surface area contributed by atoms with Crippen LogP contribution in [0, 0.1) is 0 Å². The minimum Gasteiger partial charge on any atom is -0.486 e. The molecule has 0 bridgehead atoms. The molecule has 0 saturated heterocycles. The third kappa shape index (κ3) is 3.67. The fourth-order valence-corrected chi connectivity index (χ4v) is 1.88. The van der Waals surface area contributed by atoms with Gasteiger partial charge in [0.1, 0.15) is 18.1 Å². The molecule has 0 amide bonds. The molecule has 2 aromatic rings. The van der Waals surface area contributed by atoms with E-state index in [1.807, 2.05) is 30.3 Å². The fourth-order valence-electron chi connectivity index (χ4n) is 1.65. The van der Waals surface area contributed by atoms with Gasteiger partial charge < -0.3 is 4.74 Å². The Bertz CT molecular complexity index is 550. The van der Waals surface area contributed by atoms with Crippen LogP contribution >= 0.6 is 11.6 Å². The lowest BCUT2D eigenvalue weighted by molar-refractivity contribution is 0.300. The van der Waals surface area contributed by atoms with Crippen molar-refractivity contribution in [1.29, 1.82) is 0 Å². The van der Waals surface area contributed by atoms with Crippen LogP contribution in [-0.4, -0.2) is 10.2 Å². The van der Waals surface area contributed by atoms with E-state index in [1.54, 1.807) is 6.20 Å². The number of benzene rings is 1. The number of halogens is 1. The van der Waals surface area contributed by atoms with Gasteiger partial charge in [0.05, 0.1) is 5.02 Å². The summed E-state index contributed by atoms with van der Waals surface area (Å²) in [6.07, 6.45) is 1.63. The zero-order valence-electron chi connectivity index (χ0n) is 11.4. The molecule has 1 heterocycles. The minimum atomic E-state index is 0.0765. The van der Waals surface area contributed by atoms with E-state index in [-0.39, 0.29) is 5.41 Å². The Balaban J connectivity index is 2.10. The Labute approximate surface area is 118 Å². The van der Waals surface area contributed by atoms with Crippen LogP contribution in [0.3, 0.4) is 0 Å². The van der Waals surface area contributed by atoms with Crippen molar-refractivity contribution < 1.29 is 4.74 Å². The van der Waals surface area contributed by atoms with E-state index in [0.29, 0.717) is 17.4 Å². The molecular formula is C15H17ClN2O. The first kappa shape index (κ1) is 13.8. The summed E-state index contributed by atoms with van der Waals surface area (Å²) in [5.41, 5.74) is 2.04. The number of nitrogens with zero attached hydrogens (tertiary/aromatic N) is 2. The van der Waals surface area contributed by atoms with E-state index in [2.05, 4.69) is 31.0 Å². The summed E-state index contributed by atoms with van der Waals surface area (Å²) in [6.45, 7) is 6.82. The van der Waals surface area contributed by atoms with Crippen molar-refractivity contribution in [3.63, 3.8) is 0 Å². The molecule has 0 atom stereocenters. The van der Waals surface area contributed by atoms with E-state index in [0.717, 1.165) is 5.69 Å². The van der Waals surface area contributed by atoms with Crippen LogP contribution in [0.4, 0.5) is 0 Å². The summed E-state index contributed by atoms with van der Waals surface area (Å²) in [6, 6.07) is 9.59. The van der Waals surface area contributed by atoms with Crippen molar-refractivity contribution in [1.82, 2.24) is 10.2 Å². The lowest BCUT2D eigenvalue weighted by Gasteiger charge is -2.20. The SMILES string of the molecule is CC(C)(C)c1ccc(OCc2cccnn2)c(Cl)c1. The average Bonchev–Trinajstić information content (AvgIpc) is 2.37. The predicted octanol–water partition coefficient (Wildman–Crippen LogP) is 4.01. The van der Waals surface area contributed by atoms with Gasteiger partial charge in [0.15, 0.2) is 0 Å². The highest BCUT2D eigenvalue weighted by Gasteiger charge is 2.15. The molecule has 0 unspecified atom stereocenters. The molecule has 100 valence electrons. The molecule has 0 aliphatic rings. The van der Waals surface area contributed by atoms with Crippen molar-refractivity contribution in [2.75, 3.05) is 0 Å². The first-order valence-corrected chi connectivity index (χ1v) is 6.54. The Morgan fingerprint density at radius 1 is 1.21 bits per heavy atom. The Kier molecular flexibility index (Phi) is 4.05. The number of ether oxygens (including phenoxy) is 1. The second kappa shape index (κ2) is 5.57. The molecule has 0 aliphatic carbocycles. The number of hydrogen-bond acceptors (Lipinski definition) is 3. The number of hydrogen-bond donors (Lipinski definition) is 0. The average molecular weight is 277 g/mol. The van der Waals surface area contributed by atoms with E-state index in [9.17, 15) is 0 Å². The lowest BCUT2D eigenvalue weighted by Crippen LogP contribution is -2.11. The molecule has 1 aromatic carbocycles. The standard InChI is InChI=1S/C15H17ClN2O/c1-15(2,3)11-6-7-14(13(16)9-11)19-10-12-5-4-8-17-18-12/h4-9H,10H2,1-3H3. The Hall–Kier alpha value is -1.61. The molecule has 0 N–H and O–H groups in total. The minimum absolute atomic E-state index is 0.0765. The van der Waals surface area contributed by atoms with Gasteiger partial charge in [0, 0.05) is 6.20 Å². The lowest BCUT2D eigenvalue weighted by atomic mass is 9.87. The van der Waals surface area contributed by atoms with E-state index in [4.69, 9.17) is 16.3 Å². The molecule has 0 radical (unpaired) electrons. The van der Waals surface area contributed by atoms with Crippen LogP contribution in [0.25, 0.3) is 0 Å². The van der Waals surface area contributed by atoms with Crippen LogP contribution in [0.15, 0.2) is 36.5 Å². The zero-order valence-corrected chi connectivity index (χ0v) is 12.1. The Morgan fingerprint density at radius 3 is 2.58 bits per heavy atom. The van der Waals surface area contributed by atoms with Crippen LogP contribution in [0.2, 0.25) is 5.02 Å². The highest BCUT2D eigenvalue weighted by Crippen LogP contribution is 2.31. The third-order valence-electron chi connectivity index (χ3n) is 2.80. The topological polar surface area (TPSA) is 35.0 Å². The van der Waals surface area contributed by atoms with Crippen molar-refractivity contribution in [3.8, 4) is 5.75 Å². The van der Waals surface area contributed by atoms with Gasteiger partial charge in [-0.15, -0.1) is 0 Å². The maximum atomic E-state index is 6.24. The van der Waals surface area contributed by atoms with Gasteiger partial charge in [0.25, 0.3) is 0 Å². The monoisotopic (exact) mass is 276 g/mol. The molecule has 0 spiro atoms. The number of aromatic nitrogens is 2. The maximum Gasteiger partial charge on any atom is 0.138 e. The van der Waals surface area contributed by atoms with Crippen molar-refractivity contribution >= 4 is 11.6 Å². The predicted molar refractivity (Wildman–Crippen MR) is 76.5 cm³/mol. The second-order valence-corrected chi connectivity index (χ2v) is 5.81. The van der Waals surface area contributed by atoms with Gasteiger partial charge in [-0.2, -0.15) is 10.2 Å². The van der Waals surface area contributed by atoms with Gasteiger partial charge >= 0.3 is 0 Å². The maximum absolute atomic E-state index is 6.24. The highest BCUT2D eigenvalue weighted by atomic mass is 35.5. The summed E-state index contributed by atoms with van der Waals surface area (Å²) >= 11 is 6.24. The summed E-state index contributed by atoms with van der Waals surface area (Å²) in [5.74, 6) is 0.667. The quantitative estimate of drug-likeness (QED) is 0.850. The van der Waals surface area contributed by atoms with E-state index < -0.39 is 0 Å². The molecule has 0 aliphatic heterocycles. The first-order chi connectivity index (χ1) is 8.97. The summed E-state index contributed by atoms with van der Waals surface area (Å²) in [4.78, 5) is 0. The fraction of sp³-hybridized carbons (Fsp3) is 0.333. The smallest absolute Gasteiger partial charge is 0.138 e. The van der Waals surface area contributed by atoms with Crippen molar-refractivity contribution in [3.05, 3.63) is 52.8 Å². The van der Waals surface area contributed by atoms with Gasteiger partial charge in [-0.3, -0.25) is 0 Å². The third-order valence-corrected chi connectivity index (χ3v) is 3.10. The van der Waals surface area contributed by atoms with Crippen molar-refractivity contribution in [2.45, 2.75) is 32.8 Å². The van der Waals surface area contributed by atoms with E-state index in [1.165, 1.54) is 5.56 Å². The molecule has 0 saturated carbocycles. The normalized spacial score (nSPS) is 11.4. The van der Waals surface area contributed by atoms with Crippen LogP contribution in [0.5, 0.6) is 5.75 Å². The summed E-state index contributed by atoms with van der Waals surface area (Å²) < 4.78 is 5.66. The van der Waals surface area contributed by atoms with Gasteiger partial charge in [-0.05, 0) is 35.2 Å².